The lowest BCUT2D eigenvalue weighted by atomic mass is 10.1. The standard InChI is InChI=1S/C18H17NO2/c1-14-5-4-7-16(13-14)18(21)19-17-10-8-15(9-11-17)6-2-3-12-20/h4-5,7-11,13,20H,3,12H2,1H3,(H,19,21). The lowest BCUT2D eigenvalue weighted by Gasteiger charge is -2.06. The smallest absolute Gasteiger partial charge is 0.255 e. The van der Waals surface area contributed by atoms with Crippen LogP contribution in [0.4, 0.5) is 5.69 Å². The fraction of sp³-hybridized carbons (Fsp3) is 0.167. The summed E-state index contributed by atoms with van der Waals surface area (Å²) in [6.07, 6.45) is 0.464. The Labute approximate surface area is 124 Å². The second-order valence-electron chi connectivity index (χ2n) is 4.68. The zero-order chi connectivity index (χ0) is 15.1. The molecule has 2 N–H and O–H groups in total. The van der Waals surface area contributed by atoms with Crippen molar-refractivity contribution in [2.45, 2.75) is 13.3 Å². The Morgan fingerprint density at radius 1 is 1.19 bits per heavy atom. The summed E-state index contributed by atoms with van der Waals surface area (Å²) in [4.78, 5) is 12.1. The Kier molecular flexibility index (Phi) is 5.14. The number of nitrogens with one attached hydrogen (secondary N) is 1. The highest BCUT2D eigenvalue weighted by Crippen LogP contribution is 2.12. The predicted octanol–water partition coefficient (Wildman–Crippen LogP) is 2.98. The van der Waals surface area contributed by atoms with E-state index in [1.54, 1.807) is 6.07 Å². The van der Waals surface area contributed by atoms with E-state index >= 15 is 0 Å². The molecule has 3 nitrogen and oxygen atoms in total. The van der Waals surface area contributed by atoms with E-state index in [2.05, 4.69) is 17.2 Å². The molecule has 106 valence electrons. The number of carbonyl (C=O) groups is 1. The molecule has 0 heterocycles. The molecule has 0 aromatic heterocycles. The van der Waals surface area contributed by atoms with E-state index in [9.17, 15) is 4.79 Å². The van der Waals surface area contributed by atoms with Crippen LogP contribution in [0.3, 0.4) is 0 Å². The van der Waals surface area contributed by atoms with E-state index in [-0.39, 0.29) is 12.5 Å². The number of aryl methyl sites for hydroxylation is 1. The SMILES string of the molecule is Cc1cccc(C(=O)Nc2ccc(C#CCCO)cc2)c1. The van der Waals surface area contributed by atoms with Gasteiger partial charge in [-0.2, -0.15) is 0 Å². The van der Waals surface area contributed by atoms with Gasteiger partial charge in [0.25, 0.3) is 5.91 Å². The quantitative estimate of drug-likeness (QED) is 0.849. The first-order chi connectivity index (χ1) is 10.2. The lowest BCUT2D eigenvalue weighted by molar-refractivity contribution is 0.102. The zero-order valence-corrected chi connectivity index (χ0v) is 11.9. The van der Waals surface area contributed by atoms with Crippen LogP contribution in [0.5, 0.6) is 0 Å². The summed E-state index contributed by atoms with van der Waals surface area (Å²) in [5, 5.41) is 11.5. The van der Waals surface area contributed by atoms with Crippen molar-refractivity contribution in [2.24, 2.45) is 0 Å². The van der Waals surface area contributed by atoms with Gasteiger partial charge in [-0.3, -0.25) is 4.79 Å². The largest absolute Gasteiger partial charge is 0.395 e. The molecule has 0 aliphatic heterocycles. The van der Waals surface area contributed by atoms with E-state index in [1.807, 2.05) is 49.4 Å². The van der Waals surface area contributed by atoms with Gasteiger partial charge in [0.15, 0.2) is 0 Å². The molecule has 1 amide bonds. The van der Waals surface area contributed by atoms with Gasteiger partial charge in [-0.25, -0.2) is 0 Å². The third kappa shape index (κ3) is 4.48. The molecule has 3 heteroatoms. The van der Waals surface area contributed by atoms with Gasteiger partial charge in [0.05, 0.1) is 6.61 Å². The Balaban J connectivity index is 2.04. The molecule has 0 saturated carbocycles. The predicted molar refractivity (Wildman–Crippen MR) is 84.2 cm³/mol. The third-order valence-corrected chi connectivity index (χ3v) is 2.89. The van der Waals surface area contributed by atoms with Gasteiger partial charge >= 0.3 is 0 Å². The number of anilines is 1. The molecule has 0 aliphatic rings. The Morgan fingerprint density at radius 3 is 2.62 bits per heavy atom. The van der Waals surface area contributed by atoms with Crippen LogP contribution in [0.1, 0.15) is 27.9 Å². The summed E-state index contributed by atoms with van der Waals surface area (Å²) in [5.74, 6) is 5.67. The highest BCUT2D eigenvalue weighted by molar-refractivity contribution is 6.04. The lowest BCUT2D eigenvalue weighted by Crippen LogP contribution is -2.11. The van der Waals surface area contributed by atoms with Crippen LogP contribution in [0.15, 0.2) is 48.5 Å². The van der Waals surface area contributed by atoms with Gasteiger partial charge in [-0.15, -0.1) is 0 Å². The number of benzene rings is 2. The molecule has 0 unspecified atom stereocenters. The summed E-state index contributed by atoms with van der Waals surface area (Å²) >= 11 is 0. The van der Waals surface area contributed by atoms with Gasteiger partial charge in [-0.1, -0.05) is 29.5 Å². The van der Waals surface area contributed by atoms with Crippen LogP contribution in [-0.4, -0.2) is 17.6 Å². The highest BCUT2D eigenvalue weighted by atomic mass is 16.2. The van der Waals surface area contributed by atoms with E-state index < -0.39 is 0 Å². The van der Waals surface area contributed by atoms with Crippen molar-refractivity contribution in [1.82, 2.24) is 0 Å². The monoisotopic (exact) mass is 279 g/mol. The summed E-state index contributed by atoms with van der Waals surface area (Å²) in [5.41, 5.74) is 3.28. The number of aliphatic hydroxyl groups is 1. The molecule has 2 rings (SSSR count). The number of amides is 1. The van der Waals surface area contributed by atoms with Crippen LogP contribution >= 0.6 is 0 Å². The first-order valence-corrected chi connectivity index (χ1v) is 6.77. The second-order valence-corrected chi connectivity index (χ2v) is 4.68. The third-order valence-electron chi connectivity index (χ3n) is 2.89. The van der Waals surface area contributed by atoms with E-state index in [0.717, 1.165) is 16.8 Å². The van der Waals surface area contributed by atoms with Crippen molar-refractivity contribution in [2.75, 3.05) is 11.9 Å². The number of carbonyl (C=O) groups excluding carboxylic acids is 1. The zero-order valence-electron chi connectivity index (χ0n) is 11.9. The second kappa shape index (κ2) is 7.28. The molecule has 0 radical (unpaired) electrons. The highest BCUT2D eigenvalue weighted by Gasteiger charge is 2.05. The first kappa shape index (κ1) is 14.8. The van der Waals surface area contributed by atoms with Gasteiger partial charge in [0.2, 0.25) is 0 Å². The minimum absolute atomic E-state index is 0.0671. The van der Waals surface area contributed by atoms with Gasteiger partial charge in [0, 0.05) is 23.2 Å². The molecule has 2 aromatic rings. The maximum Gasteiger partial charge on any atom is 0.255 e. The molecule has 0 fully saturated rings. The average Bonchev–Trinajstić information content (AvgIpc) is 2.49. The van der Waals surface area contributed by atoms with E-state index in [1.165, 1.54) is 0 Å². The fourth-order valence-corrected chi connectivity index (χ4v) is 1.85. The minimum Gasteiger partial charge on any atom is -0.395 e. The molecule has 0 atom stereocenters. The fourth-order valence-electron chi connectivity index (χ4n) is 1.85. The first-order valence-electron chi connectivity index (χ1n) is 6.77. The van der Waals surface area contributed by atoms with E-state index in [0.29, 0.717) is 12.0 Å². The number of rotatable bonds is 3. The molecule has 0 bridgehead atoms. The Hall–Kier alpha value is -2.57. The summed E-state index contributed by atoms with van der Waals surface area (Å²) in [6, 6.07) is 14.8. The van der Waals surface area contributed by atoms with Crippen LogP contribution in [-0.2, 0) is 0 Å². The van der Waals surface area contributed by atoms with E-state index in [4.69, 9.17) is 5.11 Å². The van der Waals surface area contributed by atoms with Crippen molar-refractivity contribution in [3.63, 3.8) is 0 Å². The molecular weight excluding hydrogens is 262 g/mol. The molecule has 0 aliphatic carbocycles. The molecule has 0 spiro atoms. The molecule has 21 heavy (non-hydrogen) atoms. The number of hydrogen-bond acceptors (Lipinski definition) is 2. The van der Waals surface area contributed by atoms with Crippen LogP contribution in [0.25, 0.3) is 0 Å². The summed E-state index contributed by atoms with van der Waals surface area (Å²) in [6.45, 7) is 2.02. The van der Waals surface area contributed by atoms with Crippen molar-refractivity contribution in [3.8, 4) is 11.8 Å². The normalized spacial score (nSPS) is 9.62. The topological polar surface area (TPSA) is 49.3 Å². The van der Waals surface area contributed by atoms with Crippen LogP contribution in [0, 0.1) is 18.8 Å². The number of aliphatic hydroxyl groups excluding tert-OH is 1. The van der Waals surface area contributed by atoms with Crippen LogP contribution < -0.4 is 5.32 Å². The Morgan fingerprint density at radius 2 is 1.95 bits per heavy atom. The minimum atomic E-state index is -0.127. The van der Waals surface area contributed by atoms with Crippen LogP contribution in [0.2, 0.25) is 0 Å². The van der Waals surface area contributed by atoms with Crippen molar-refractivity contribution < 1.29 is 9.90 Å². The molecule has 0 saturated heterocycles. The molecule has 2 aromatic carbocycles. The van der Waals surface area contributed by atoms with Gasteiger partial charge in [-0.05, 0) is 43.3 Å². The van der Waals surface area contributed by atoms with Gasteiger partial charge < -0.3 is 10.4 Å². The molecular formula is C18H17NO2. The van der Waals surface area contributed by atoms with Gasteiger partial charge in [0.1, 0.15) is 0 Å². The average molecular weight is 279 g/mol. The van der Waals surface area contributed by atoms with Crippen molar-refractivity contribution in [3.05, 3.63) is 65.2 Å². The van der Waals surface area contributed by atoms with Crippen molar-refractivity contribution in [1.29, 1.82) is 0 Å². The summed E-state index contributed by atoms with van der Waals surface area (Å²) < 4.78 is 0. The van der Waals surface area contributed by atoms with Crippen molar-refractivity contribution >= 4 is 11.6 Å². The maximum atomic E-state index is 12.1. The maximum absolute atomic E-state index is 12.1. The number of hydrogen-bond donors (Lipinski definition) is 2. The Bertz CT molecular complexity index is 678. The summed E-state index contributed by atoms with van der Waals surface area (Å²) in [7, 11) is 0.